The van der Waals surface area contributed by atoms with E-state index in [1.54, 1.807) is 86.0 Å². The van der Waals surface area contributed by atoms with Crippen molar-refractivity contribution in [3.8, 4) is 90.6 Å². The maximum absolute atomic E-state index is 13.8. The van der Waals surface area contributed by atoms with Crippen molar-refractivity contribution in [1.82, 2.24) is 97.7 Å². The summed E-state index contributed by atoms with van der Waals surface area (Å²) in [6.45, 7) is 15.4. The molecule has 0 radical (unpaired) electrons. The number of carbonyl (C=O) groups excluding carboxylic acids is 4. The molecule has 0 spiro atoms. The summed E-state index contributed by atoms with van der Waals surface area (Å²) in [6, 6.07) is 71.6. The number of hydrogen-bond acceptors (Lipinski definition) is 20. The van der Waals surface area contributed by atoms with Gasteiger partial charge in [-0.1, -0.05) is 193 Å². The van der Waals surface area contributed by atoms with Crippen LogP contribution in [0.15, 0.2) is 305 Å². The molecule has 0 bridgehead atoms. The second-order valence-corrected chi connectivity index (χ2v) is 33.2. The molecule has 16 aromatic rings. The number of carbonyl (C=O) groups is 4. The Hall–Kier alpha value is -15.6. The molecule has 0 unspecified atom stereocenters. The van der Waals surface area contributed by atoms with E-state index in [-0.39, 0.29) is 60.6 Å². The van der Waals surface area contributed by atoms with E-state index in [0.717, 1.165) is 80.1 Å². The van der Waals surface area contributed by atoms with E-state index in [0.29, 0.717) is 150 Å². The van der Waals surface area contributed by atoms with Crippen molar-refractivity contribution in [2.24, 2.45) is 0 Å². The number of aryl methyl sites for hydroxylation is 2. The molecule has 20 rings (SSSR count). The zero-order chi connectivity index (χ0) is 92.2. The highest BCUT2D eigenvalue weighted by molar-refractivity contribution is 6.31. The maximum atomic E-state index is 13.8. The molecule has 4 aliphatic rings. The average Bonchev–Trinajstić information content (AvgIpc) is 1.67. The first kappa shape index (κ1) is 90.4. The normalized spacial score (nSPS) is 13.8. The number of amides is 4. The van der Waals surface area contributed by atoms with Gasteiger partial charge in [0, 0.05) is 229 Å². The van der Waals surface area contributed by atoms with Crippen molar-refractivity contribution in [1.29, 1.82) is 0 Å². The summed E-state index contributed by atoms with van der Waals surface area (Å²) in [6.07, 6.45) is 21.4. The molecule has 8 aromatic heterocycles. The molecular formula is C102H96Cl2F2N24O4. The fourth-order valence-corrected chi connectivity index (χ4v) is 16.5. The lowest BCUT2D eigenvalue weighted by atomic mass is 10.1. The van der Waals surface area contributed by atoms with Gasteiger partial charge in [0.2, 0.25) is 47.4 Å². The molecule has 676 valence electrons. The first-order chi connectivity index (χ1) is 65.5. The molecule has 4 fully saturated rings. The van der Waals surface area contributed by atoms with Gasteiger partial charge in [-0.3, -0.25) is 19.2 Å². The van der Waals surface area contributed by atoms with Crippen molar-refractivity contribution in [2.75, 3.05) is 124 Å². The van der Waals surface area contributed by atoms with E-state index >= 15 is 0 Å². The quantitative estimate of drug-likeness (QED) is 0.0686. The molecule has 8 aromatic carbocycles. The summed E-state index contributed by atoms with van der Waals surface area (Å²) in [5.41, 5.74) is 12.3. The Balaban J connectivity index is 0.000000124. The van der Waals surface area contributed by atoms with E-state index in [2.05, 4.69) is 90.7 Å². The summed E-state index contributed by atoms with van der Waals surface area (Å²) < 4.78 is 35.1. The molecule has 4 aliphatic heterocycles. The molecule has 32 heteroatoms. The molecule has 4 saturated heterocycles. The topological polar surface area (TPSA) is 269 Å². The van der Waals surface area contributed by atoms with Crippen molar-refractivity contribution in [2.45, 2.75) is 40.0 Å². The van der Waals surface area contributed by atoms with Crippen LogP contribution in [0.2, 0.25) is 10.0 Å². The van der Waals surface area contributed by atoms with Crippen LogP contribution >= 0.6 is 23.2 Å². The summed E-state index contributed by atoms with van der Waals surface area (Å²) in [4.78, 5) is 122. The molecular weight excluding hydrogens is 1730 g/mol. The van der Waals surface area contributed by atoms with E-state index in [4.69, 9.17) is 43.1 Å². The smallest absolute Gasteiger partial charge is 0.242 e. The third-order valence-corrected chi connectivity index (χ3v) is 24.2. The van der Waals surface area contributed by atoms with E-state index in [9.17, 15) is 28.0 Å². The molecule has 12 heterocycles. The minimum absolute atomic E-state index is 0.00639. The molecule has 4 amide bonds. The van der Waals surface area contributed by atoms with E-state index < -0.39 is 5.82 Å². The predicted molar refractivity (Wildman–Crippen MR) is 515 cm³/mol. The number of nitrogens with zero attached hydrogens (tertiary/aromatic N) is 24. The van der Waals surface area contributed by atoms with E-state index in [1.807, 2.05) is 221 Å². The van der Waals surface area contributed by atoms with Crippen LogP contribution in [-0.4, -0.2) is 226 Å². The third-order valence-electron chi connectivity index (χ3n) is 23.5. The van der Waals surface area contributed by atoms with Gasteiger partial charge in [0.05, 0.1) is 27.8 Å². The van der Waals surface area contributed by atoms with Crippen molar-refractivity contribution in [3.05, 3.63) is 338 Å². The summed E-state index contributed by atoms with van der Waals surface area (Å²) >= 11 is 12.2. The monoisotopic (exact) mass is 1830 g/mol. The van der Waals surface area contributed by atoms with Crippen LogP contribution < -0.4 is 19.6 Å². The summed E-state index contributed by atoms with van der Waals surface area (Å²) in [7, 11) is 0. The van der Waals surface area contributed by atoms with Gasteiger partial charge in [-0.05, 0) is 86.1 Å². The highest BCUT2D eigenvalue weighted by atomic mass is 35.5. The van der Waals surface area contributed by atoms with Crippen molar-refractivity contribution in [3.63, 3.8) is 0 Å². The van der Waals surface area contributed by atoms with Crippen LogP contribution in [0.5, 0.6) is 0 Å². The minimum Gasteiger partial charge on any atom is -0.338 e. The predicted octanol–water partition coefficient (Wildman–Crippen LogP) is 15.6. The average molecular weight is 1830 g/mol. The maximum Gasteiger partial charge on any atom is 0.242 e. The number of imidazole rings is 4. The lowest BCUT2D eigenvalue weighted by Gasteiger charge is -2.34. The third kappa shape index (κ3) is 22.5. The number of anilines is 4. The highest BCUT2D eigenvalue weighted by Crippen LogP contribution is 2.34. The fourth-order valence-electron chi connectivity index (χ4n) is 16.2. The Labute approximate surface area is 784 Å². The number of halogens is 4. The van der Waals surface area contributed by atoms with Gasteiger partial charge in [0.1, 0.15) is 61.1 Å². The van der Waals surface area contributed by atoms with Gasteiger partial charge in [-0.25, -0.2) is 68.6 Å². The highest BCUT2D eigenvalue weighted by Gasteiger charge is 2.30. The van der Waals surface area contributed by atoms with Crippen molar-refractivity contribution >= 4 is 70.6 Å². The number of piperazine rings is 4. The van der Waals surface area contributed by atoms with Gasteiger partial charge < -0.3 is 57.5 Å². The zero-order valence-electron chi connectivity index (χ0n) is 73.9. The SMILES string of the molecule is Cc1cc(-c2cn(CC(=O)N3CCN(c4ncccn4)CC3)c(-c3ccccc3)n2)ccc1Cl.Cc1ccc(-c2cn(CC(=O)N3CCN(c4ncccn4)CC3)c(-c3ccccc3)n2)cc1.O=C(Cn1cc(-c2ccc(F)c(Cl)c2)nc1-c1ccccc1)N1CCN(c2ncccn2)CC1.O=C(Cn1cc(-c2cccc(F)c2)nc1-c1ccccc1)N1CCN(c2ncccn2)CC1. The van der Waals surface area contributed by atoms with Gasteiger partial charge in [-0.15, -0.1) is 0 Å². The van der Waals surface area contributed by atoms with Crippen LogP contribution in [-0.2, 0) is 45.4 Å². The van der Waals surface area contributed by atoms with Gasteiger partial charge in [-0.2, -0.15) is 0 Å². The Bertz CT molecular complexity index is 6420. The number of benzene rings is 8. The second kappa shape index (κ2) is 43.0. The zero-order valence-corrected chi connectivity index (χ0v) is 75.4. The molecule has 0 aliphatic carbocycles. The Morgan fingerprint density at radius 2 is 0.545 bits per heavy atom. The van der Waals surface area contributed by atoms with Gasteiger partial charge in [0.25, 0.3) is 0 Å². The Morgan fingerprint density at radius 1 is 0.276 bits per heavy atom. The molecule has 28 nitrogen and oxygen atoms in total. The van der Waals surface area contributed by atoms with Crippen LogP contribution in [0.4, 0.5) is 32.6 Å². The van der Waals surface area contributed by atoms with Crippen LogP contribution in [0.1, 0.15) is 11.1 Å². The molecule has 134 heavy (non-hydrogen) atoms. The van der Waals surface area contributed by atoms with Gasteiger partial charge >= 0.3 is 0 Å². The van der Waals surface area contributed by atoms with Crippen LogP contribution in [0, 0.1) is 25.5 Å². The summed E-state index contributed by atoms with van der Waals surface area (Å²) in [5, 5.41) is 0.756. The fraction of sp³-hybridized carbons (Fsp3) is 0.216. The second-order valence-electron chi connectivity index (χ2n) is 32.4. The first-order valence-electron chi connectivity index (χ1n) is 44.3. The largest absolute Gasteiger partial charge is 0.338 e. The molecule has 0 N–H and O–H groups in total. The van der Waals surface area contributed by atoms with Crippen LogP contribution in [0.25, 0.3) is 90.6 Å². The Morgan fingerprint density at radius 3 is 0.836 bits per heavy atom. The van der Waals surface area contributed by atoms with Crippen molar-refractivity contribution < 1.29 is 28.0 Å². The molecule has 0 saturated carbocycles. The van der Waals surface area contributed by atoms with Crippen LogP contribution in [0.3, 0.4) is 0 Å². The molecule has 0 atom stereocenters. The minimum atomic E-state index is -0.483. The van der Waals surface area contributed by atoms with Gasteiger partial charge in [0.15, 0.2) is 0 Å². The lowest BCUT2D eigenvalue weighted by molar-refractivity contribution is -0.132. The first-order valence-corrected chi connectivity index (χ1v) is 45.0. The standard InChI is InChI=1S/C26H25ClN6O.C26H26N6O.C25H22ClFN6O.C25H23FN6O/c1-19-16-21(8-9-22(19)27)23-17-33(25(30-23)20-6-3-2-4-7-20)18-24(34)31-12-14-32(15-13-31)26-28-10-5-11-29-26;1-20-8-10-21(11-9-20)23-18-32(25(29-23)22-6-3-2-4-7-22)19-24(33)30-14-16-31(17-15-30)26-27-12-5-13-28-26;26-20-15-19(7-8-21(20)27)22-16-33(24(30-22)18-5-2-1-3-6-18)17-23(34)31-11-13-32(14-12-31)25-28-9-4-10-29-25;26-21-9-4-8-20(16-21)22-17-32(24(29-22)19-6-2-1-3-7-19)18-23(33)30-12-14-31(15-13-30)25-27-10-5-11-28-25/h2-11,16-17H,12-15,18H2,1H3;2-13,18H,14-17,19H2,1H3;1-10,15-16H,11-14,17H2;1-11,16-17H,12-15,18H2. The lowest BCUT2D eigenvalue weighted by Crippen LogP contribution is -2.50. The summed E-state index contributed by atoms with van der Waals surface area (Å²) in [5.74, 6) is 5.09. The number of hydrogen-bond donors (Lipinski definition) is 0. The van der Waals surface area contributed by atoms with E-state index in [1.165, 1.54) is 23.8 Å². The number of aromatic nitrogens is 16. The number of rotatable bonds is 20. The Kier molecular flexibility index (Phi) is 29.0.